The lowest BCUT2D eigenvalue weighted by atomic mass is 9.95. The Labute approximate surface area is 142 Å². The molecule has 0 amide bonds. The zero-order chi connectivity index (χ0) is 17.9. The summed E-state index contributed by atoms with van der Waals surface area (Å²) in [4.78, 5) is 0. The van der Waals surface area contributed by atoms with Crippen LogP contribution in [-0.2, 0) is 14.3 Å². The highest BCUT2D eigenvalue weighted by Gasteiger charge is 2.27. The average Bonchev–Trinajstić information content (AvgIpc) is 2.53. The molecule has 0 aromatic heterocycles. The van der Waals surface area contributed by atoms with Gasteiger partial charge in [0.25, 0.3) is 10.1 Å². The molecule has 0 fully saturated rings. The first-order valence-corrected chi connectivity index (χ1v) is 9.13. The topological polar surface area (TPSA) is 80.3 Å². The molecular formula is C16H22O7S. The molecule has 1 heterocycles. The van der Waals surface area contributed by atoms with Gasteiger partial charge in [-0.25, -0.2) is 0 Å². The predicted octanol–water partition coefficient (Wildman–Crippen LogP) is 2.24. The Bertz CT molecular complexity index is 750. The molecule has 0 unspecified atom stereocenters. The van der Waals surface area contributed by atoms with Crippen LogP contribution >= 0.6 is 0 Å². The molecule has 0 saturated heterocycles. The van der Waals surface area contributed by atoms with Gasteiger partial charge in [0.2, 0.25) is 5.75 Å². The van der Waals surface area contributed by atoms with Crippen molar-refractivity contribution in [3.63, 3.8) is 0 Å². The lowest BCUT2D eigenvalue weighted by Crippen LogP contribution is -2.14. The normalized spacial score (nSPS) is 14.0. The van der Waals surface area contributed by atoms with Crippen molar-refractivity contribution in [2.45, 2.75) is 13.3 Å². The van der Waals surface area contributed by atoms with Crippen molar-refractivity contribution in [1.82, 2.24) is 0 Å². The van der Waals surface area contributed by atoms with Crippen LogP contribution in [0.15, 0.2) is 11.6 Å². The monoisotopic (exact) mass is 358 g/mol. The van der Waals surface area contributed by atoms with E-state index in [0.29, 0.717) is 36.0 Å². The first-order valence-electron chi connectivity index (χ1n) is 7.31. The maximum atomic E-state index is 11.1. The molecule has 1 aromatic rings. The first kappa shape index (κ1) is 18.4. The van der Waals surface area contributed by atoms with Gasteiger partial charge in [-0.1, -0.05) is 0 Å². The van der Waals surface area contributed by atoms with Crippen molar-refractivity contribution in [1.29, 1.82) is 0 Å². The Kier molecular flexibility index (Phi) is 5.61. The van der Waals surface area contributed by atoms with Crippen molar-refractivity contribution in [2.24, 2.45) is 0 Å². The highest BCUT2D eigenvalue weighted by atomic mass is 32.2. The van der Waals surface area contributed by atoms with Gasteiger partial charge in [0, 0.05) is 6.07 Å². The van der Waals surface area contributed by atoms with Crippen LogP contribution in [-0.4, -0.2) is 49.2 Å². The van der Waals surface area contributed by atoms with Crippen LogP contribution in [0.1, 0.15) is 18.9 Å². The van der Waals surface area contributed by atoms with Gasteiger partial charge in [-0.2, -0.15) is 8.42 Å². The molecule has 1 aromatic carbocycles. The Hall–Kier alpha value is -1.93. The third kappa shape index (κ3) is 3.76. The molecule has 7 nitrogen and oxygen atoms in total. The summed E-state index contributed by atoms with van der Waals surface area (Å²) < 4.78 is 49.0. The smallest absolute Gasteiger partial charge is 0.264 e. The summed E-state index contributed by atoms with van der Waals surface area (Å²) in [6.45, 7) is 2.36. The summed E-state index contributed by atoms with van der Waals surface area (Å²) in [6, 6.07) is 1.75. The second kappa shape index (κ2) is 7.31. The van der Waals surface area contributed by atoms with Crippen molar-refractivity contribution in [3.05, 3.63) is 17.2 Å². The van der Waals surface area contributed by atoms with Crippen molar-refractivity contribution >= 4 is 15.7 Å². The number of ether oxygens (including phenoxy) is 4. The van der Waals surface area contributed by atoms with Gasteiger partial charge in [-0.05, 0) is 24.5 Å². The van der Waals surface area contributed by atoms with Gasteiger partial charge in [0.15, 0.2) is 11.5 Å². The summed E-state index contributed by atoms with van der Waals surface area (Å²) in [7, 11) is 1.17. The minimum Gasteiger partial charge on any atom is -0.493 e. The van der Waals surface area contributed by atoms with Crippen molar-refractivity contribution in [3.8, 4) is 23.0 Å². The summed E-state index contributed by atoms with van der Waals surface area (Å²) in [5.74, 6) is 2.15. The van der Waals surface area contributed by atoms with Gasteiger partial charge in [-0.15, -0.1) is 0 Å². The quantitative estimate of drug-likeness (QED) is 0.692. The summed E-state index contributed by atoms with van der Waals surface area (Å²) in [5, 5.41) is 0. The predicted molar refractivity (Wildman–Crippen MR) is 89.6 cm³/mol. The van der Waals surface area contributed by atoms with Crippen LogP contribution in [0, 0.1) is 0 Å². The molecule has 0 bridgehead atoms. The van der Waals surface area contributed by atoms with E-state index in [2.05, 4.69) is 0 Å². The lowest BCUT2D eigenvalue weighted by Gasteiger charge is -2.26. The van der Waals surface area contributed by atoms with Gasteiger partial charge >= 0.3 is 0 Å². The summed E-state index contributed by atoms with van der Waals surface area (Å²) in [6.07, 6.45) is 1.47. The number of rotatable bonds is 7. The van der Waals surface area contributed by atoms with Crippen LogP contribution < -0.4 is 18.9 Å². The third-order valence-corrected chi connectivity index (χ3v) is 4.40. The van der Waals surface area contributed by atoms with Crippen LogP contribution in [0.4, 0.5) is 0 Å². The van der Waals surface area contributed by atoms with E-state index in [1.54, 1.807) is 20.3 Å². The van der Waals surface area contributed by atoms with Crippen LogP contribution in [0.2, 0.25) is 0 Å². The molecule has 1 aliphatic heterocycles. The Balaban J connectivity index is 2.42. The van der Waals surface area contributed by atoms with Crippen molar-refractivity contribution in [2.75, 3.05) is 40.8 Å². The molecule has 1 aliphatic rings. The molecular weight excluding hydrogens is 336 g/mol. The zero-order valence-corrected chi connectivity index (χ0v) is 15.3. The van der Waals surface area contributed by atoms with E-state index in [0.717, 1.165) is 23.0 Å². The number of benzene rings is 1. The molecule has 0 spiro atoms. The van der Waals surface area contributed by atoms with Crippen LogP contribution in [0.3, 0.4) is 0 Å². The van der Waals surface area contributed by atoms with E-state index >= 15 is 0 Å². The number of hydrogen-bond donors (Lipinski definition) is 0. The van der Waals surface area contributed by atoms with Gasteiger partial charge in [0.05, 0.1) is 39.8 Å². The molecule has 8 heteroatoms. The fraction of sp³-hybridized carbons (Fsp3) is 0.500. The van der Waals surface area contributed by atoms with Gasteiger partial charge < -0.3 is 18.9 Å². The second-order valence-electron chi connectivity index (χ2n) is 5.31. The minimum atomic E-state index is -3.46. The first-order chi connectivity index (χ1) is 11.3. The summed E-state index contributed by atoms with van der Waals surface area (Å²) >= 11 is 0. The fourth-order valence-corrected chi connectivity index (χ4v) is 3.01. The lowest BCUT2D eigenvalue weighted by molar-refractivity contribution is 0.293. The number of fused-ring (bicyclic) bond motifs is 1. The van der Waals surface area contributed by atoms with E-state index in [-0.39, 0.29) is 6.61 Å². The molecule has 0 N–H and O–H groups in total. The fourth-order valence-electron chi connectivity index (χ4n) is 2.63. The molecule has 0 saturated carbocycles. The maximum Gasteiger partial charge on any atom is 0.264 e. The van der Waals surface area contributed by atoms with E-state index in [1.165, 1.54) is 7.11 Å². The Morgan fingerprint density at radius 2 is 1.79 bits per heavy atom. The Morgan fingerprint density at radius 1 is 1.12 bits per heavy atom. The van der Waals surface area contributed by atoms with Gasteiger partial charge in [0.1, 0.15) is 12.4 Å². The van der Waals surface area contributed by atoms with E-state index in [1.807, 2.05) is 6.92 Å². The standard InChI is InChI=1S/C16H22O7S/c1-10-11(6-7-23-24(5,17)18)9-22-12-8-13(19-2)15(20-3)16(21-4)14(10)12/h8H,6-7,9H2,1-5H3. The zero-order valence-electron chi connectivity index (χ0n) is 14.5. The van der Waals surface area contributed by atoms with E-state index in [4.69, 9.17) is 23.1 Å². The molecule has 2 rings (SSSR count). The van der Waals surface area contributed by atoms with Gasteiger partial charge in [-0.3, -0.25) is 4.18 Å². The minimum absolute atomic E-state index is 0.0693. The SMILES string of the molecule is COc1cc2c(c(OC)c1OC)C(C)=C(CCOS(C)(=O)=O)CO2. The highest BCUT2D eigenvalue weighted by molar-refractivity contribution is 7.85. The number of allylic oxidation sites excluding steroid dienone is 1. The van der Waals surface area contributed by atoms with Crippen molar-refractivity contribution < 1.29 is 31.5 Å². The average molecular weight is 358 g/mol. The number of hydrogen-bond acceptors (Lipinski definition) is 7. The van der Waals surface area contributed by atoms with Crippen LogP contribution in [0.5, 0.6) is 23.0 Å². The summed E-state index contributed by atoms with van der Waals surface area (Å²) in [5.41, 5.74) is 2.67. The molecule has 0 radical (unpaired) electrons. The third-order valence-electron chi connectivity index (χ3n) is 3.80. The van der Waals surface area contributed by atoms with Crippen LogP contribution in [0.25, 0.3) is 5.57 Å². The van der Waals surface area contributed by atoms with E-state index < -0.39 is 10.1 Å². The molecule has 0 aliphatic carbocycles. The second-order valence-corrected chi connectivity index (χ2v) is 6.96. The Morgan fingerprint density at radius 3 is 2.33 bits per heavy atom. The number of methoxy groups -OCH3 is 3. The highest BCUT2D eigenvalue weighted by Crippen LogP contribution is 2.50. The largest absolute Gasteiger partial charge is 0.493 e. The molecule has 134 valence electrons. The van der Waals surface area contributed by atoms with E-state index in [9.17, 15) is 8.42 Å². The molecule has 0 atom stereocenters. The molecule has 24 heavy (non-hydrogen) atoms. The maximum absolute atomic E-state index is 11.1.